The summed E-state index contributed by atoms with van der Waals surface area (Å²) >= 11 is 0. The van der Waals surface area contributed by atoms with E-state index in [-0.39, 0.29) is 18.6 Å². The molecular weight excluding hydrogens is 627 g/mol. The van der Waals surface area contributed by atoms with Gasteiger partial charge in [0.2, 0.25) is 5.91 Å². The monoisotopic (exact) mass is 716 g/mol. The molecule has 1 atom stereocenters. The number of ketones is 1. The molecular formula is C47H89NO3. The number of unbranched alkanes of at least 4 members (excludes halogenated alkanes) is 28. The molecule has 0 fully saturated rings. The molecule has 0 aromatic rings. The van der Waals surface area contributed by atoms with Gasteiger partial charge in [0.1, 0.15) is 5.78 Å². The molecule has 4 nitrogen and oxygen atoms in total. The second kappa shape index (κ2) is 43.0. The third-order valence-corrected chi connectivity index (χ3v) is 10.5. The smallest absolute Gasteiger partial charge is 0.220 e. The molecule has 0 spiro atoms. The lowest BCUT2D eigenvalue weighted by atomic mass is 10.0. The first-order valence-electron chi connectivity index (χ1n) is 22.9. The van der Waals surface area contributed by atoms with Crippen molar-refractivity contribution in [1.82, 2.24) is 5.32 Å². The highest BCUT2D eigenvalue weighted by Crippen LogP contribution is 2.15. The number of aliphatic hydroxyl groups is 1. The number of Topliss-reactive ketones (excluding diaryl/α,β-unsaturated/α-hetero) is 1. The van der Waals surface area contributed by atoms with Crippen molar-refractivity contribution in [1.29, 1.82) is 0 Å². The minimum atomic E-state index is -0.0815. The summed E-state index contributed by atoms with van der Waals surface area (Å²) in [5.41, 5.74) is 0. The molecule has 0 rings (SSSR count). The largest absolute Gasteiger partial charge is 0.394 e. The summed E-state index contributed by atoms with van der Waals surface area (Å²) in [5, 5.41) is 12.8. The van der Waals surface area contributed by atoms with Gasteiger partial charge in [-0.3, -0.25) is 9.59 Å². The number of rotatable bonds is 42. The maximum atomic E-state index is 12.4. The predicted molar refractivity (Wildman–Crippen MR) is 224 cm³/mol. The Morgan fingerprint density at radius 1 is 0.451 bits per heavy atom. The molecule has 0 aromatic carbocycles. The van der Waals surface area contributed by atoms with Gasteiger partial charge in [-0.25, -0.2) is 0 Å². The first-order chi connectivity index (χ1) is 25.1. The van der Waals surface area contributed by atoms with Crippen molar-refractivity contribution in [2.75, 3.05) is 6.61 Å². The molecule has 2 N–H and O–H groups in total. The van der Waals surface area contributed by atoms with Crippen molar-refractivity contribution in [2.24, 2.45) is 0 Å². The van der Waals surface area contributed by atoms with E-state index in [1.54, 1.807) is 0 Å². The topological polar surface area (TPSA) is 66.4 Å². The van der Waals surface area contributed by atoms with E-state index in [9.17, 15) is 14.7 Å². The van der Waals surface area contributed by atoms with Gasteiger partial charge in [-0.2, -0.15) is 0 Å². The standard InChI is InChI=1S/C47H89NO3/c1-3-5-7-9-11-13-15-17-19-21-23-25-29-33-37-41-46(50)42-38-34-30-26-27-31-35-39-43-47(51)48-45(44-49)40-36-32-28-24-22-20-18-16-14-12-10-8-6-4-2/h11,13,17,19,45,49H,3-10,12,14-16,18,20-44H2,1-2H3,(H,48,51)/b13-11-,19-17-/t45-/m1/s1. The highest BCUT2D eigenvalue weighted by Gasteiger charge is 2.11. The van der Waals surface area contributed by atoms with Crippen molar-refractivity contribution in [3.8, 4) is 0 Å². The van der Waals surface area contributed by atoms with E-state index >= 15 is 0 Å². The number of amides is 1. The van der Waals surface area contributed by atoms with Crippen LogP contribution in [0.25, 0.3) is 0 Å². The fourth-order valence-electron chi connectivity index (χ4n) is 7.02. The Hall–Kier alpha value is -1.42. The number of nitrogens with one attached hydrogen (secondary N) is 1. The normalized spacial score (nSPS) is 12.4. The van der Waals surface area contributed by atoms with E-state index in [1.165, 1.54) is 167 Å². The summed E-state index contributed by atoms with van der Waals surface area (Å²) in [6, 6.07) is -0.0815. The molecule has 0 aromatic heterocycles. The summed E-state index contributed by atoms with van der Waals surface area (Å²) in [6.45, 7) is 4.58. The number of hydrogen-bond acceptors (Lipinski definition) is 3. The zero-order valence-electron chi connectivity index (χ0n) is 34.5. The Balaban J connectivity index is 3.45. The highest BCUT2D eigenvalue weighted by molar-refractivity contribution is 5.78. The summed E-state index contributed by atoms with van der Waals surface area (Å²) in [6.07, 6.45) is 53.7. The first-order valence-corrected chi connectivity index (χ1v) is 22.9. The molecule has 0 saturated heterocycles. The Labute approximate surface area is 319 Å². The van der Waals surface area contributed by atoms with Crippen molar-refractivity contribution in [3.05, 3.63) is 24.3 Å². The average molecular weight is 716 g/mol. The van der Waals surface area contributed by atoms with Crippen LogP contribution in [-0.2, 0) is 9.59 Å². The number of carbonyl (C=O) groups is 2. The van der Waals surface area contributed by atoms with Gasteiger partial charge in [-0.15, -0.1) is 0 Å². The average Bonchev–Trinajstić information content (AvgIpc) is 3.13. The second-order valence-electron chi connectivity index (χ2n) is 15.7. The number of carbonyl (C=O) groups excluding carboxylic acids is 2. The van der Waals surface area contributed by atoms with Gasteiger partial charge in [0.15, 0.2) is 0 Å². The van der Waals surface area contributed by atoms with Gasteiger partial charge in [0, 0.05) is 19.3 Å². The van der Waals surface area contributed by atoms with Gasteiger partial charge in [-0.1, -0.05) is 199 Å². The predicted octanol–water partition coefficient (Wildman–Crippen LogP) is 14.6. The van der Waals surface area contributed by atoms with Crippen LogP contribution in [0.5, 0.6) is 0 Å². The van der Waals surface area contributed by atoms with Crippen LogP contribution in [0.1, 0.15) is 251 Å². The Morgan fingerprint density at radius 2 is 0.804 bits per heavy atom. The number of hydrogen-bond donors (Lipinski definition) is 2. The Kier molecular flexibility index (Phi) is 41.8. The van der Waals surface area contributed by atoms with E-state index in [1.807, 2.05) is 0 Å². The zero-order valence-corrected chi connectivity index (χ0v) is 34.5. The van der Waals surface area contributed by atoms with Crippen molar-refractivity contribution in [2.45, 2.75) is 257 Å². The summed E-state index contributed by atoms with van der Waals surface area (Å²) in [7, 11) is 0. The van der Waals surface area contributed by atoms with Crippen molar-refractivity contribution >= 4 is 11.7 Å². The maximum absolute atomic E-state index is 12.4. The first kappa shape index (κ1) is 49.6. The van der Waals surface area contributed by atoms with Gasteiger partial charge in [0.25, 0.3) is 0 Å². The summed E-state index contributed by atoms with van der Waals surface area (Å²) in [4.78, 5) is 24.6. The van der Waals surface area contributed by atoms with E-state index in [0.29, 0.717) is 12.2 Å². The molecule has 0 radical (unpaired) electrons. The van der Waals surface area contributed by atoms with Crippen LogP contribution in [0.2, 0.25) is 0 Å². The Bertz CT molecular complexity index is 775. The third-order valence-electron chi connectivity index (χ3n) is 10.5. The fraction of sp³-hybridized carbons (Fsp3) is 0.872. The van der Waals surface area contributed by atoms with Gasteiger partial charge < -0.3 is 10.4 Å². The van der Waals surface area contributed by atoms with E-state index in [2.05, 4.69) is 43.5 Å². The van der Waals surface area contributed by atoms with Crippen LogP contribution in [0, 0.1) is 0 Å². The van der Waals surface area contributed by atoms with Gasteiger partial charge in [0.05, 0.1) is 12.6 Å². The zero-order chi connectivity index (χ0) is 37.1. The maximum Gasteiger partial charge on any atom is 0.220 e. The molecule has 0 bridgehead atoms. The molecule has 1 amide bonds. The summed E-state index contributed by atoms with van der Waals surface area (Å²) < 4.78 is 0. The highest BCUT2D eigenvalue weighted by atomic mass is 16.3. The molecule has 300 valence electrons. The van der Waals surface area contributed by atoms with E-state index in [4.69, 9.17) is 0 Å². The van der Waals surface area contributed by atoms with Crippen molar-refractivity contribution in [3.63, 3.8) is 0 Å². The number of aliphatic hydroxyl groups excluding tert-OH is 1. The van der Waals surface area contributed by atoms with Crippen LogP contribution < -0.4 is 5.32 Å². The molecule has 0 heterocycles. The minimum Gasteiger partial charge on any atom is -0.394 e. The van der Waals surface area contributed by atoms with Gasteiger partial charge >= 0.3 is 0 Å². The van der Waals surface area contributed by atoms with Crippen LogP contribution >= 0.6 is 0 Å². The quantitative estimate of drug-likeness (QED) is 0.0488. The Morgan fingerprint density at radius 3 is 1.25 bits per heavy atom. The third kappa shape index (κ3) is 41.2. The number of allylic oxidation sites excluding steroid dienone is 4. The van der Waals surface area contributed by atoms with Crippen molar-refractivity contribution < 1.29 is 14.7 Å². The van der Waals surface area contributed by atoms with E-state index in [0.717, 1.165) is 64.2 Å². The minimum absolute atomic E-state index is 0.0476. The fourth-order valence-corrected chi connectivity index (χ4v) is 7.02. The van der Waals surface area contributed by atoms with Gasteiger partial charge in [-0.05, 0) is 57.8 Å². The van der Waals surface area contributed by atoms with E-state index < -0.39 is 0 Å². The van der Waals surface area contributed by atoms with Crippen LogP contribution in [-0.4, -0.2) is 29.4 Å². The van der Waals surface area contributed by atoms with Crippen LogP contribution in [0.4, 0.5) is 0 Å². The summed E-state index contributed by atoms with van der Waals surface area (Å²) in [5.74, 6) is 0.561. The molecule has 0 aliphatic heterocycles. The second-order valence-corrected chi connectivity index (χ2v) is 15.7. The molecule has 0 unspecified atom stereocenters. The lowest BCUT2D eigenvalue weighted by Crippen LogP contribution is -2.37. The molecule has 51 heavy (non-hydrogen) atoms. The van der Waals surface area contributed by atoms with Crippen LogP contribution in [0.15, 0.2) is 24.3 Å². The molecule has 0 saturated carbocycles. The lowest BCUT2D eigenvalue weighted by molar-refractivity contribution is -0.122. The molecule has 0 aliphatic carbocycles. The molecule has 4 heteroatoms. The van der Waals surface area contributed by atoms with Crippen LogP contribution in [0.3, 0.4) is 0 Å². The molecule has 0 aliphatic rings. The SMILES string of the molecule is CCCCC/C=C\C/C=C\CCCCCCCC(=O)CCCCCCCCCCC(=O)N[C@@H](CO)CCCCCCCCCCCCCCCC. The lowest BCUT2D eigenvalue weighted by Gasteiger charge is -2.16.